The molecule has 0 radical (unpaired) electrons. The summed E-state index contributed by atoms with van der Waals surface area (Å²) in [5.41, 5.74) is 6.20. The molecule has 2 rings (SSSR count). The maximum absolute atomic E-state index is 11.5. The van der Waals surface area contributed by atoms with Crippen LogP contribution in [-0.2, 0) is 16.1 Å². The van der Waals surface area contributed by atoms with Crippen LogP contribution in [0.2, 0.25) is 0 Å². The number of thiophene rings is 1. The maximum Gasteiger partial charge on any atom is 0.344 e. The Labute approximate surface area is 123 Å². The molecule has 100 valence electrons. The lowest BCUT2D eigenvalue weighted by atomic mass is 10.3. The highest BCUT2D eigenvalue weighted by Gasteiger charge is 2.06. The summed E-state index contributed by atoms with van der Waals surface area (Å²) in [6.07, 6.45) is 0. The van der Waals surface area contributed by atoms with Crippen molar-refractivity contribution >= 4 is 38.9 Å². The summed E-state index contributed by atoms with van der Waals surface area (Å²) in [6.45, 7) is 0.149. The number of nitrogens with two attached hydrogens (primary N) is 1. The van der Waals surface area contributed by atoms with Crippen molar-refractivity contribution in [2.45, 2.75) is 6.61 Å². The SMILES string of the molecule is Nc1ccc(OCC(=O)OCc2cc(Br)cs2)cc1. The second-order valence-electron chi connectivity index (χ2n) is 3.75. The Kier molecular flexibility index (Phi) is 4.81. The van der Waals surface area contributed by atoms with Gasteiger partial charge in [-0.05, 0) is 46.3 Å². The van der Waals surface area contributed by atoms with E-state index in [0.29, 0.717) is 11.4 Å². The number of ether oxygens (including phenoxy) is 2. The molecule has 6 heteroatoms. The largest absolute Gasteiger partial charge is 0.482 e. The smallest absolute Gasteiger partial charge is 0.344 e. The van der Waals surface area contributed by atoms with Crippen molar-refractivity contribution in [1.29, 1.82) is 0 Å². The highest BCUT2D eigenvalue weighted by molar-refractivity contribution is 9.10. The first-order chi connectivity index (χ1) is 9.13. The Morgan fingerprint density at radius 1 is 1.32 bits per heavy atom. The molecule has 0 unspecified atom stereocenters. The Bertz CT molecular complexity index is 553. The van der Waals surface area contributed by atoms with E-state index in [-0.39, 0.29) is 13.2 Å². The minimum atomic E-state index is -0.402. The third-order valence-electron chi connectivity index (χ3n) is 2.23. The molecule has 0 aliphatic rings. The van der Waals surface area contributed by atoms with Crippen molar-refractivity contribution in [1.82, 2.24) is 0 Å². The van der Waals surface area contributed by atoms with E-state index in [1.54, 1.807) is 24.3 Å². The van der Waals surface area contributed by atoms with Crippen molar-refractivity contribution in [2.75, 3.05) is 12.3 Å². The molecular weight excluding hydrogens is 330 g/mol. The molecule has 1 aromatic heterocycles. The molecule has 0 aliphatic carbocycles. The fourth-order valence-corrected chi connectivity index (χ4v) is 2.69. The van der Waals surface area contributed by atoms with Crippen LogP contribution in [0.15, 0.2) is 40.2 Å². The minimum absolute atomic E-state index is 0.115. The highest BCUT2D eigenvalue weighted by atomic mass is 79.9. The fourth-order valence-electron chi connectivity index (χ4n) is 1.33. The van der Waals surface area contributed by atoms with Crippen LogP contribution >= 0.6 is 27.3 Å². The molecular formula is C13H12BrNO3S. The number of nitrogen functional groups attached to an aromatic ring is 1. The quantitative estimate of drug-likeness (QED) is 0.670. The minimum Gasteiger partial charge on any atom is -0.482 e. The molecule has 0 atom stereocenters. The molecule has 0 spiro atoms. The molecule has 4 nitrogen and oxygen atoms in total. The summed E-state index contributed by atoms with van der Waals surface area (Å²) < 4.78 is 11.4. The number of rotatable bonds is 5. The van der Waals surface area contributed by atoms with Crippen molar-refractivity contribution in [3.63, 3.8) is 0 Å². The Morgan fingerprint density at radius 2 is 2.05 bits per heavy atom. The number of carbonyl (C=O) groups is 1. The first-order valence-electron chi connectivity index (χ1n) is 5.50. The monoisotopic (exact) mass is 341 g/mol. The zero-order valence-corrected chi connectivity index (χ0v) is 12.4. The van der Waals surface area contributed by atoms with Gasteiger partial charge in [-0.1, -0.05) is 0 Å². The van der Waals surface area contributed by atoms with Crippen molar-refractivity contribution < 1.29 is 14.3 Å². The lowest BCUT2D eigenvalue weighted by Gasteiger charge is -2.06. The number of esters is 1. The van der Waals surface area contributed by atoms with Gasteiger partial charge < -0.3 is 15.2 Å². The molecule has 0 fully saturated rings. The lowest BCUT2D eigenvalue weighted by Crippen LogP contribution is -2.14. The topological polar surface area (TPSA) is 61.5 Å². The van der Waals surface area contributed by atoms with Gasteiger partial charge in [-0.3, -0.25) is 0 Å². The van der Waals surface area contributed by atoms with Gasteiger partial charge in [0.2, 0.25) is 0 Å². The molecule has 0 saturated heterocycles. The van der Waals surface area contributed by atoms with Crippen molar-refractivity contribution in [2.24, 2.45) is 0 Å². The molecule has 0 bridgehead atoms. The normalized spacial score (nSPS) is 10.2. The van der Waals surface area contributed by atoms with Gasteiger partial charge >= 0.3 is 5.97 Å². The number of benzene rings is 1. The molecule has 19 heavy (non-hydrogen) atoms. The van der Waals surface area contributed by atoms with E-state index < -0.39 is 5.97 Å². The van der Waals surface area contributed by atoms with Gasteiger partial charge in [0.25, 0.3) is 0 Å². The maximum atomic E-state index is 11.5. The summed E-state index contributed by atoms with van der Waals surface area (Å²) in [4.78, 5) is 12.5. The summed E-state index contributed by atoms with van der Waals surface area (Å²) in [7, 11) is 0. The zero-order chi connectivity index (χ0) is 13.7. The van der Waals surface area contributed by atoms with Gasteiger partial charge in [0, 0.05) is 20.4 Å². The summed E-state index contributed by atoms with van der Waals surface area (Å²) >= 11 is 4.87. The lowest BCUT2D eigenvalue weighted by molar-refractivity contribution is -0.147. The van der Waals surface area contributed by atoms with Gasteiger partial charge in [-0.25, -0.2) is 4.79 Å². The van der Waals surface area contributed by atoms with Crippen LogP contribution in [0, 0.1) is 0 Å². The van der Waals surface area contributed by atoms with Gasteiger partial charge in [0.1, 0.15) is 12.4 Å². The average Bonchev–Trinajstić information content (AvgIpc) is 2.81. The van der Waals surface area contributed by atoms with Gasteiger partial charge in [-0.2, -0.15) is 0 Å². The van der Waals surface area contributed by atoms with Crippen LogP contribution in [0.25, 0.3) is 0 Å². The van der Waals surface area contributed by atoms with E-state index in [2.05, 4.69) is 15.9 Å². The van der Waals surface area contributed by atoms with Crippen LogP contribution in [0.3, 0.4) is 0 Å². The first-order valence-corrected chi connectivity index (χ1v) is 7.17. The van der Waals surface area contributed by atoms with E-state index in [0.717, 1.165) is 9.35 Å². The Morgan fingerprint density at radius 3 is 2.68 bits per heavy atom. The summed E-state index contributed by atoms with van der Waals surface area (Å²) in [6, 6.07) is 8.75. The highest BCUT2D eigenvalue weighted by Crippen LogP contribution is 2.20. The Balaban J connectivity index is 1.74. The predicted octanol–water partition coefficient (Wildman–Crippen LogP) is 3.22. The average molecular weight is 342 g/mol. The number of carbonyl (C=O) groups excluding carboxylic acids is 1. The number of hydrogen-bond acceptors (Lipinski definition) is 5. The molecule has 0 aliphatic heterocycles. The summed E-state index contributed by atoms with van der Waals surface area (Å²) in [5.74, 6) is 0.186. The molecule has 0 amide bonds. The van der Waals surface area contributed by atoms with Crippen LogP contribution in [0.5, 0.6) is 5.75 Å². The Hall–Kier alpha value is -1.53. The van der Waals surface area contributed by atoms with Gasteiger partial charge in [-0.15, -0.1) is 11.3 Å². The van der Waals surface area contributed by atoms with Gasteiger partial charge in [0.15, 0.2) is 6.61 Å². The second kappa shape index (κ2) is 6.58. The van der Waals surface area contributed by atoms with E-state index in [1.165, 1.54) is 11.3 Å². The van der Waals surface area contributed by atoms with Crippen LogP contribution in [0.4, 0.5) is 5.69 Å². The number of anilines is 1. The number of halogens is 1. The first kappa shape index (κ1) is 13.9. The fraction of sp³-hybridized carbons (Fsp3) is 0.154. The second-order valence-corrected chi connectivity index (χ2v) is 5.66. The zero-order valence-electron chi connectivity index (χ0n) is 9.97. The van der Waals surface area contributed by atoms with Gasteiger partial charge in [0.05, 0.1) is 0 Å². The van der Waals surface area contributed by atoms with E-state index in [4.69, 9.17) is 15.2 Å². The van der Waals surface area contributed by atoms with E-state index in [1.807, 2.05) is 11.4 Å². The standard InChI is InChI=1S/C13H12BrNO3S/c14-9-5-12(19-8-9)6-18-13(16)7-17-11-3-1-10(15)2-4-11/h1-5,8H,6-7,15H2. The molecule has 1 aromatic carbocycles. The molecule has 0 saturated carbocycles. The van der Waals surface area contributed by atoms with Crippen molar-refractivity contribution in [3.8, 4) is 5.75 Å². The predicted molar refractivity (Wildman–Crippen MR) is 78.2 cm³/mol. The molecule has 2 N–H and O–H groups in total. The third-order valence-corrected chi connectivity index (χ3v) is 3.91. The van der Waals surface area contributed by atoms with Crippen LogP contribution in [-0.4, -0.2) is 12.6 Å². The van der Waals surface area contributed by atoms with E-state index >= 15 is 0 Å². The van der Waals surface area contributed by atoms with Crippen LogP contribution in [0.1, 0.15) is 4.88 Å². The van der Waals surface area contributed by atoms with E-state index in [9.17, 15) is 4.79 Å². The van der Waals surface area contributed by atoms with Crippen LogP contribution < -0.4 is 10.5 Å². The number of hydrogen-bond donors (Lipinski definition) is 1. The van der Waals surface area contributed by atoms with Crippen molar-refractivity contribution in [3.05, 3.63) is 45.1 Å². The summed E-state index contributed by atoms with van der Waals surface area (Å²) in [5, 5.41) is 1.94. The molecule has 1 heterocycles. The third kappa shape index (κ3) is 4.57. The molecule has 2 aromatic rings.